The Kier molecular flexibility index (Phi) is 2.67. The zero-order chi connectivity index (χ0) is 11.0. The van der Waals surface area contributed by atoms with Crippen molar-refractivity contribution >= 4 is 0 Å². The van der Waals surface area contributed by atoms with Gasteiger partial charge in [-0.2, -0.15) is 0 Å². The van der Waals surface area contributed by atoms with Crippen LogP contribution in [0.1, 0.15) is 37.8 Å². The summed E-state index contributed by atoms with van der Waals surface area (Å²) in [6.45, 7) is 4.59. The van der Waals surface area contributed by atoms with Gasteiger partial charge in [-0.1, -0.05) is 6.92 Å². The Hall–Kier alpha value is -0.900. The molecule has 3 heterocycles. The molecule has 2 atom stereocenters. The molecule has 1 N–H and O–H groups in total. The van der Waals surface area contributed by atoms with Crippen molar-refractivity contribution in [2.24, 2.45) is 5.92 Å². The third-order valence-corrected chi connectivity index (χ3v) is 3.87. The highest BCUT2D eigenvalue weighted by Gasteiger charge is 2.23. The molecule has 0 saturated carbocycles. The van der Waals surface area contributed by atoms with E-state index in [4.69, 9.17) is 0 Å². The third-order valence-electron chi connectivity index (χ3n) is 3.87. The van der Waals surface area contributed by atoms with Crippen LogP contribution in [0, 0.1) is 5.92 Å². The van der Waals surface area contributed by atoms with Gasteiger partial charge in [0.15, 0.2) is 0 Å². The second kappa shape index (κ2) is 4.17. The summed E-state index contributed by atoms with van der Waals surface area (Å²) in [7, 11) is 0. The monoisotopic (exact) mass is 220 g/mol. The molecule has 1 aromatic rings. The highest BCUT2D eigenvalue weighted by atomic mass is 15.3. The minimum absolute atomic E-state index is 0.632. The minimum atomic E-state index is 0.632. The number of nitrogens with one attached hydrogen (secondary N) is 1. The van der Waals surface area contributed by atoms with E-state index in [1.807, 2.05) is 0 Å². The smallest absolute Gasteiger partial charge is 0.134 e. The van der Waals surface area contributed by atoms with E-state index in [-0.39, 0.29) is 0 Å². The number of nitrogens with zero attached hydrogens (tertiary/aromatic N) is 3. The number of fused-ring (bicyclic) bond motifs is 1. The van der Waals surface area contributed by atoms with Gasteiger partial charge in [-0.15, -0.1) is 10.2 Å². The molecule has 2 aliphatic rings. The quantitative estimate of drug-likeness (QED) is 0.813. The van der Waals surface area contributed by atoms with Crippen LogP contribution in [0.25, 0.3) is 0 Å². The Bertz CT molecular complexity index is 365. The fraction of sp³-hybridized carbons (Fsp3) is 0.833. The van der Waals surface area contributed by atoms with Crippen LogP contribution in [0.4, 0.5) is 0 Å². The lowest BCUT2D eigenvalue weighted by Gasteiger charge is -2.21. The predicted molar refractivity (Wildman–Crippen MR) is 62.2 cm³/mol. The summed E-state index contributed by atoms with van der Waals surface area (Å²) < 4.78 is 2.35. The number of aromatic nitrogens is 3. The summed E-state index contributed by atoms with van der Waals surface area (Å²) in [5.41, 5.74) is 0. The number of rotatable bonds is 2. The van der Waals surface area contributed by atoms with Crippen molar-refractivity contribution in [3.05, 3.63) is 11.6 Å². The second-order valence-corrected chi connectivity index (χ2v) is 5.28. The SMILES string of the molecule is CC1CCn2c(nnc2CC2CCCN2)C1. The zero-order valence-electron chi connectivity index (χ0n) is 9.95. The molecule has 2 aliphatic heterocycles. The average molecular weight is 220 g/mol. The second-order valence-electron chi connectivity index (χ2n) is 5.28. The predicted octanol–water partition coefficient (Wildman–Crippen LogP) is 1.15. The third kappa shape index (κ3) is 1.86. The molecule has 4 heteroatoms. The number of hydrogen-bond donors (Lipinski definition) is 1. The molecule has 0 spiro atoms. The largest absolute Gasteiger partial charge is 0.315 e. The van der Waals surface area contributed by atoms with Crippen LogP contribution in [0.15, 0.2) is 0 Å². The summed E-state index contributed by atoms with van der Waals surface area (Å²) in [6.07, 6.45) is 6.03. The summed E-state index contributed by atoms with van der Waals surface area (Å²) >= 11 is 0. The standard InChI is InChI=1S/C12H20N4/c1-9-4-6-16-11(7-9)14-15-12(16)8-10-3-2-5-13-10/h9-10,13H,2-8H2,1H3. The Morgan fingerprint density at radius 3 is 3.12 bits per heavy atom. The van der Waals surface area contributed by atoms with Crippen LogP contribution in [0.2, 0.25) is 0 Å². The number of hydrogen-bond acceptors (Lipinski definition) is 3. The molecule has 0 aromatic carbocycles. The molecular formula is C12H20N4. The van der Waals surface area contributed by atoms with Crippen molar-refractivity contribution in [3.63, 3.8) is 0 Å². The van der Waals surface area contributed by atoms with Crippen LogP contribution >= 0.6 is 0 Å². The van der Waals surface area contributed by atoms with E-state index in [2.05, 4.69) is 27.0 Å². The molecule has 2 unspecified atom stereocenters. The maximum Gasteiger partial charge on any atom is 0.134 e. The molecule has 0 aliphatic carbocycles. The molecule has 3 rings (SSSR count). The molecule has 88 valence electrons. The Morgan fingerprint density at radius 2 is 2.31 bits per heavy atom. The van der Waals surface area contributed by atoms with E-state index in [0.29, 0.717) is 6.04 Å². The molecule has 1 fully saturated rings. The maximum absolute atomic E-state index is 4.37. The molecule has 0 bridgehead atoms. The fourth-order valence-corrected chi connectivity index (χ4v) is 2.85. The first kappa shape index (κ1) is 10.3. The lowest BCUT2D eigenvalue weighted by molar-refractivity contribution is 0.399. The van der Waals surface area contributed by atoms with E-state index in [0.717, 1.165) is 25.3 Å². The molecule has 1 saturated heterocycles. The topological polar surface area (TPSA) is 42.7 Å². The van der Waals surface area contributed by atoms with Gasteiger partial charge >= 0.3 is 0 Å². The Balaban J connectivity index is 1.75. The van der Waals surface area contributed by atoms with Crippen LogP contribution in [-0.2, 0) is 19.4 Å². The van der Waals surface area contributed by atoms with Crippen molar-refractivity contribution in [2.45, 2.75) is 51.6 Å². The first-order chi connectivity index (χ1) is 7.83. The van der Waals surface area contributed by atoms with Crippen molar-refractivity contribution in [2.75, 3.05) is 6.54 Å². The first-order valence-electron chi connectivity index (χ1n) is 6.47. The van der Waals surface area contributed by atoms with E-state index in [9.17, 15) is 0 Å². The normalized spacial score (nSPS) is 29.3. The van der Waals surface area contributed by atoms with Crippen molar-refractivity contribution in [1.82, 2.24) is 20.1 Å². The molecule has 0 amide bonds. The molecule has 1 aromatic heterocycles. The molecule has 0 radical (unpaired) electrons. The lowest BCUT2D eigenvalue weighted by Crippen LogP contribution is -2.26. The van der Waals surface area contributed by atoms with Gasteiger partial charge in [0.2, 0.25) is 0 Å². The first-order valence-corrected chi connectivity index (χ1v) is 6.47. The van der Waals surface area contributed by atoms with Gasteiger partial charge < -0.3 is 9.88 Å². The van der Waals surface area contributed by atoms with Gasteiger partial charge in [-0.05, 0) is 31.7 Å². The van der Waals surface area contributed by atoms with Gasteiger partial charge in [0, 0.05) is 25.4 Å². The lowest BCUT2D eigenvalue weighted by atomic mass is 10.00. The van der Waals surface area contributed by atoms with Gasteiger partial charge in [-0.3, -0.25) is 0 Å². The van der Waals surface area contributed by atoms with Gasteiger partial charge in [0.1, 0.15) is 11.6 Å². The van der Waals surface area contributed by atoms with E-state index in [1.165, 1.54) is 37.5 Å². The highest BCUT2D eigenvalue weighted by molar-refractivity contribution is 5.02. The van der Waals surface area contributed by atoms with E-state index < -0.39 is 0 Å². The average Bonchev–Trinajstić information content (AvgIpc) is 2.89. The summed E-state index contributed by atoms with van der Waals surface area (Å²) in [5.74, 6) is 3.17. The van der Waals surface area contributed by atoms with E-state index >= 15 is 0 Å². The van der Waals surface area contributed by atoms with Crippen LogP contribution in [0.5, 0.6) is 0 Å². The van der Waals surface area contributed by atoms with Gasteiger partial charge in [0.25, 0.3) is 0 Å². The van der Waals surface area contributed by atoms with Crippen LogP contribution in [-0.4, -0.2) is 27.4 Å². The van der Waals surface area contributed by atoms with Crippen molar-refractivity contribution in [1.29, 1.82) is 0 Å². The molecule has 4 nitrogen and oxygen atoms in total. The molecular weight excluding hydrogens is 200 g/mol. The highest BCUT2D eigenvalue weighted by Crippen LogP contribution is 2.21. The zero-order valence-corrected chi connectivity index (χ0v) is 9.95. The van der Waals surface area contributed by atoms with Crippen molar-refractivity contribution in [3.8, 4) is 0 Å². The van der Waals surface area contributed by atoms with Crippen LogP contribution < -0.4 is 5.32 Å². The van der Waals surface area contributed by atoms with Crippen LogP contribution in [0.3, 0.4) is 0 Å². The van der Waals surface area contributed by atoms with Gasteiger partial charge in [-0.25, -0.2) is 0 Å². The molecule has 16 heavy (non-hydrogen) atoms. The fourth-order valence-electron chi connectivity index (χ4n) is 2.85. The summed E-state index contributed by atoms with van der Waals surface area (Å²) in [4.78, 5) is 0. The summed E-state index contributed by atoms with van der Waals surface area (Å²) in [5, 5.41) is 12.2. The minimum Gasteiger partial charge on any atom is -0.315 e. The van der Waals surface area contributed by atoms with E-state index in [1.54, 1.807) is 0 Å². The summed E-state index contributed by atoms with van der Waals surface area (Å²) in [6, 6.07) is 0.632. The van der Waals surface area contributed by atoms with Crippen molar-refractivity contribution < 1.29 is 0 Å². The Labute approximate surface area is 96.4 Å². The Morgan fingerprint density at radius 1 is 1.38 bits per heavy atom. The van der Waals surface area contributed by atoms with Gasteiger partial charge in [0.05, 0.1) is 0 Å². The maximum atomic E-state index is 4.37.